The van der Waals surface area contributed by atoms with Crippen LogP contribution in [0.2, 0.25) is 0 Å². The maximum Gasteiger partial charge on any atom is 0.267 e. The van der Waals surface area contributed by atoms with Crippen molar-refractivity contribution >= 4 is 21.8 Å². The van der Waals surface area contributed by atoms with Gasteiger partial charge in [0.05, 0.1) is 4.90 Å². The van der Waals surface area contributed by atoms with Crippen molar-refractivity contribution in [3.8, 4) is 0 Å². The van der Waals surface area contributed by atoms with Crippen LogP contribution in [0.4, 0.5) is 0 Å². The van der Waals surface area contributed by atoms with E-state index >= 15 is 0 Å². The molecule has 0 radical (unpaired) electrons. The molecule has 1 fully saturated rings. The van der Waals surface area contributed by atoms with Gasteiger partial charge in [-0.25, -0.2) is 12.7 Å². The van der Waals surface area contributed by atoms with Crippen LogP contribution >= 0.6 is 0 Å². The Hall–Kier alpha value is -2.67. The number of nitrogens with zero attached hydrogens (tertiary/aromatic N) is 2. The molecule has 6 nitrogen and oxygen atoms in total. The SMILES string of the molecule is Cc1ccc(S(=O)(=O)N2C(=O)CC[C@H]2C(=O)N2CCc3ccccc3C2)cc1C. The molecule has 0 N–H and O–H groups in total. The minimum absolute atomic E-state index is 0.0534. The first-order chi connectivity index (χ1) is 13.8. The number of benzene rings is 2. The molecule has 0 spiro atoms. The van der Waals surface area contributed by atoms with Crippen LogP contribution in [0.1, 0.15) is 35.1 Å². The number of sulfonamides is 1. The topological polar surface area (TPSA) is 74.8 Å². The Balaban J connectivity index is 1.63. The summed E-state index contributed by atoms with van der Waals surface area (Å²) in [5, 5.41) is 0. The van der Waals surface area contributed by atoms with E-state index in [0.29, 0.717) is 13.1 Å². The molecule has 0 aromatic heterocycles. The summed E-state index contributed by atoms with van der Waals surface area (Å²) >= 11 is 0. The quantitative estimate of drug-likeness (QED) is 0.777. The number of hydrogen-bond acceptors (Lipinski definition) is 4. The number of carbonyl (C=O) groups excluding carboxylic acids is 2. The van der Waals surface area contributed by atoms with E-state index in [-0.39, 0.29) is 23.6 Å². The number of amides is 2. The summed E-state index contributed by atoms with van der Waals surface area (Å²) in [6, 6.07) is 11.8. The third-order valence-electron chi connectivity index (χ3n) is 5.92. The van der Waals surface area contributed by atoms with Gasteiger partial charge in [-0.2, -0.15) is 0 Å². The normalized spacial score (nSPS) is 19.4. The highest BCUT2D eigenvalue weighted by Gasteiger charge is 2.45. The zero-order chi connectivity index (χ0) is 20.8. The van der Waals surface area contributed by atoms with Gasteiger partial charge in [0.15, 0.2) is 0 Å². The van der Waals surface area contributed by atoms with Crippen molar-refractivity contribution in [2.45, 2.75) is 50.6 Å². The van der Waals surface area contributed by atoms with Gasteiger partial charge in [0.2, 0.25) is 11.8 Å². The van der Waals surface area contributed by atoms with Gasteiger partial charge in [0.1, 0.15) is 6.04 Å². The van der Waals surface area contributed by atoms with Crippen molar-refractivity contribution in [2.75, 3.05) is 6.54 Å². The van der Waals surface area contributed by atoms with Gasteiger partial charge in [0, 0.05) is 19.5 Å². The number of fused-ring (bicyclic) bond motifs is 1. The highest BCUT2D eigenvalue weighted by molar-refractivity contribution is 7.89. The van der Waals surface area contributed by atoms with Crippen molar-refractivity contribution in [1.82, 2.24) is 9.21 Å². The predicted molar refractivity (Wildman–Crippen MR) is 109 cm³/mol. The van der Waals surface area contributed by atoms with Crippen LogP contribution in [0.25, 0.3) is 0 Å². The Morgan fingerprint density at radius 1 is 1.00 bits per heavy atom. The van der Waals surface area contributed by atoms with Crippen molar-refractivity contribution < 1.29 is 18.0 Å². The number of carbonyl (C=O) groups is 2. The Bertz CT molecular complexity index is 1090. The summed E-state index contributed by atoms with van der Waals surface area (Å²) < 4.78 is 27.3. The molecule has 2 amide bonds. The molecule has 2 aliphatic rings. The van der Waals surface area contributed by atoms with Gasteiger partial charge < -0.3 is 4.90 Å². The van der Waals surface area contributed by atoms with Gasteiger partial charge in [-0.15, -0.1) is 0 Å². The molecule has 29 heavy (non-hydrogen) atoms. The maximum atomic E-state index is 13.2. The minimum Gasteiger partial charge on any atom is -0.336 e. The average Bonchev–Trinajstić information content (AvgIpc) is 3.11. The van der Waals surface area contributed by atoms with Gasteiger partial charge in [0.25, 0.3) is 10.0 Å². The highest BCUT2D eigenvalue weighted by atomic mass is 32.2. The first-order valence-corrected chi connectivity index (χ1v) is 11.2. The smallest absolute Gasteiger partial charge is 0.267 e. The largest absolute Gasteiger partial charge is 0.336 e. The number of aryl methyl sites for hydroxylation is 2. The molecule has 0 aliphatic carbocycles. The van der Waals surface area contributed by atoms with E-state index in [9.17, 15) is 18.0 Å². The summed E-state index contributed by atoms with van der Waals surface area (Å²) in [6.07, 6.45) is 1.01. The van der Waals surface area contributed by atoms with Gasteiger partial charge in [-0.1, -0.05) is 30.3 Å². The Morgan fingerprint density at radius 2 is 1.72 bits per heavy atom. The summed E-state index contributed by atoms with van der Waals surface area (Å²) in [6.45, 7) is 4.69. The lowest BCUT2D eigenvalue weighted by Gasteiger charge is -2.33. The lowest BCUT2D eigenvalue weighted by atomic mass is 9.99. The average molecular weight is 413 g/mol. The monoisotopic (exact) mass is 412 g/mol. The lowest BCUT2D eigenvalue weighted by Crippen LogP contribution is -2.50. The van der Waals surface area contributed by atoms with Crippen LogP contribution in [-0.4, -0.2) is 42.0 Å². The summed E-state index contributed by atoms with van der Waals surface area (Å²) in [5.74, 6) is -0.809. The Morgan fingerprint density at radius 3 is 2.45 bits per heavy atom. The Labute approximate surface area is 171 Å². The molecular weight excluding hydrogens is 388 g/mol. The van der Waals surface area contributed by atoms with E-state index in [1.165, 1.54) is 11.6 Å². The van der Waals surface area contributed by atoms with E-state index in [1.54, 1.807) is 17.0 Å². The molecular formula is C22H24N2O4S. The molecule has 2 aromatic rings. The van der Waals surface area contributed by atoms with E-state index < -0.39 is 22.0 Å². The van der Waals surface area contributed by atoms with E-state index in [1.807, 2.05) is 38.1 Å². The molecule has 2 aromatic carbocycles. The van der Waals surface area contributed by atoms with Crippen molar-refractivity contribution in [3.05, 3.63) is 64.7 Å². The second-order valence-corrected chi connectivity index (χ2v) is 9.59. The fraction of sp³-hybridized carbons (Fsp3) is 0.364. The molecule has 0 bridgehead atoms. The zero-order valence-electron chi connectivity index (χ0n) is 16.6. The predicted octanol–water partition coefficient (Wildman–Crippen LogP) is 2.57. The molecule has 4 rings (SSSR count). The van der Waals surface area contributed by atoms with Crippen LogP contribution in [-0.2, 0) is 32.6 Å². The van der Waals surface area contributed by atoms with Gasteiger partial charge in [-0.05, 0) is 61.1 Å². The van der Waals surface area contributed by atoms with Crippen LogP contribution in [0.5, 0.6) is 0 Å². The summed E-state index contributed by atoms with van der Waals surface area (Å²) in [5.41, 5.74) is 4.07. The fourth-order valence-corrected chi connectivity index (χ4v) is 5.75. The summed E-state index contributed by atoms with van der Waals surface area (Å²) in [7, 11) is -4.08. The highest BCUT2D eigenvalue weighted by Crippen LogP contribution is 2.30. The van der Waals surface area contributed by atoms with E-state index in [4.69, 9.17) is 0 Å². The Kier molecular flexibility index (Phi) is 4.94. The molecule has 0 saturated carbocycles. The molecule has 0 unspecified atom stereocenters. The van der Waals surface area contributed by atoms with Crippen LogP contribution in [0.3, 0.4) is 0 Å². The molecule has 152 valence electrons. The third kappa shape index (κ3) is 3.44. The first-order valence-electron chi connectivity index (χ1n) is 9.79. The second kappa shape index (κ2) is 7.30. The molecule has 2 heterocycles. The van der Waals surface area contributed by atoms with Crippen LogP contribution in [0.15, 0.2) is 47.4 Å². The zero-order valence-corrected chi connectivity index (χ0v) is 17.4. The second-order valence-electron chi connectivity index (χ2n) is 7.77. The summed E-state index contributed by atoms with van der Waals surface area (Å²) in [4.78, 5) is 27.5. The van der Waals surface area contributed by atoms with Gasteiger partial charge in [-0.3, -0.25) is 9.59 Å². The molecule has 7 heteroatoms. The van der Waals surface area contributed by atoms with Crippen LogP contribution < -0.4 is 0 Å². The fourth-order valence-electron chi connectivity index (χ4n) is 4.07. The van der Waals surface area contributed by atoms with Gasteiger partial charge >= 0.3 is 0 Å². The number of hydrogen-bond donors (Lipinski definition) is 0. The van der Waals surface area contributed by atoms with Crippen molar-refractivity contribution in [1.29, 1.82) is 0 Å². The minimum atomic E-state index is -4.08. The standard InChI is InChI=1S/C22H24N2O4S/c1-15-7-8-19(13-16(15)2)29(27,28)24-20(9-10-21(24)25)22(26)23-12-11-17-5-3-4-6-18(17)14-23/h3-8,13,20H,9-12,14H2,1-2H3/t20-/m0/s1. The maximum absolute atomic E-state index is 13.2. The van der Waals surface area contributed by atoms with E-state index in [0.717, 1.165) is 27.4 Å². The molecule has 2 aliphatic heterocycles. The van der Waals surface area contributed by atoms with E-state index in [2.05, 4.69) is 0 Å². The molecule has 1 atom stereocenters. The van der Waals surface area contributed by atoms with Crippen molar-refractivity contribution in [2.24, 2.45) is 0 Å². The first kappa shape index (κ1) is 19.6. The van der Waals surface area contributed by atoms with Crippen molar-refractivity contribution in [3.63, 3.8) is 0 Å². The molecule has 1 saturated heterocycles. The third-order valence-corrected chi connectivity index (χ3v) is 7.75. The van der Waals surface area contributed by atoms with Crippen LogP contribution in [0, 0.1) is 13.8 Å². The number of rotatable bonds is 3. The lowest BCUT2D eigenvalue weighted by molar-refractivity contribution is -0.138.